The fraction of sp³-hybridized carbons (Fsp3) is 0.656. The van der Waals surface area contributed by atoms with Crippen LogP contribution in [0, 0.1) is 0 Å². The Morgan fingerprint density at radius 2 is 0.627 bits per heavy atom. The van der Waals surface area contributed by atoms with Crippen LogP contribution in [-0.4, -0.2) is 37.2 Å². The Hall–Kier alpha value is -3.93. The number of esters is 3. The quantitative estimate of drug-likeness (QED) is 0.0262. The molecule has 0 spiro atoms. The van der Waals surface area contributed by atoms with E-state index in [1.165, 1.54) is 109 Å². The van der Waals surface area contributed by atoms with E-state index in [-0.39, 0.29) is 44.0 Å². The molecule has 0 saturated heterocycles. The highest BCUT2D eigenvalue weighted by Crippen LogP contribution is 2.14. The van der Waals surface area contributed by atoms with Gasteiger partial charge in [0.05, 0.1) is 0 Å². The molecule has 0 N–H and O–H groups in total. The summed E-state index contributed by atoms with van der Waals surface area (Å²) in [6.07, 6.45) is 73.8. The van der Waals surface area contributed by atoms with Gasteiger partial charge in [-0.15, -0.1) is 0 Å². The van der Waals surface area contributed by atoms with Gasteiger partial charge in [-0.2, -0.15) is 0 Å². The van der Waals surface area contributed by atoms with Crippen molar-refractivity contribution in [1.29, 1.82) is 0 Å². The van der Waals surface area contributed by atoms with Crippen molar-refractivity contribution in [3.05, 3.63) is 109 Å². The van der Waals surface area contributed by atoms with Gasteiger partial charge in [-0.1, -0.05) is 239 Å². The third-order valence-electron chi connectivity index (χ3n) is 11.3. The number of carbonyl (C=O) groups excluding carboxylic acids is 3. The molecule has 1 atom stereocenters. The molecule has 0 saturated carbocycles. The molecule has 0 aromatic carbocycles. The Morgan fingerprint density at radius 3 is 1.04 bits per heavy atom. The van der Waals surface area contributed by atoms with Crippen LogP contribution in [0.15, 0.2) is 109 Å². The smallest absolute Gasteiger partial charge is 0.306 e. The molecule has 0 bridgehead atoms. The Morgan fingerprint density at radius 1 is 0.313 bits per heavy atom. The molecule has 0 aliphatic heterocycles. The molecule has 0 fully saturated rings. The monoisotopic (exact) mass is 929 g/mol. The largest absolute Gasteiger partial charge is 0.462 e. The van der Waals surface area contributed by atoms with E-state index in [4.69, 9.17) is 14.2 Å². The van der Waals surface area contributed by atoms with Crippen molar-refractivity contribution in [2.45, 2.75) is 245 Å². The Balaban J connectivity index is 4.58. The van der Waals surface area contributed by atoms with Crippen molar-refractivity contribution in [2.75, 3.05) is 13.2 Å². The van der Waals surface area contributed by atoms with Crippen molar-refractivity contribution in [1.82, 2.24) is 0 Å². The molecule has 0 aliphatic carbocycles. The molecule has 1 unspecified atom stereocenters. The fourth-order valence-corrected chi connectivity index (χ4v) is 7.19. The number of rotatable bonds is 48. The third kappa shape index (κ3) is 52.9. The topological polar surface area (TPSA) is 78.9 Å². The summed E-state index contributed by atoms with van der Waals surface area (Å²) in [6.45, 7) is 6.41. The molecule has 380 valence electrons. The average Bonchev–Trinajstić information content (AvgIpc) is 3.33. The average molecular weight is 929 g/mol. The minimum absolute atomic E-state index is 0.121. The van der Waals surface area contributed by atoms with E-state index in [1.807, 2.05) is 12.2 Å². The van der Waals surface area contributed by atoms with Crippen LogP contribution in [0.2, 0.25) is 0 Å². The summed E-state index contributed by atoms with van der Waals surface area (Å²) in [6, 6.07) is 0. The summed E-state index contributed by atoms with van der Waals surface area (Å²) in [5.74, 6) is -1.06. The summed E-state index contributed by atoms with van der Waals surface area (Å²) in [7, 11) is 0. The van der Waals surface area contributed by atoms with E-state index in [9.17, 15) is 14.4 Å². The zero-order chi connectivity index (χ0) is 48.6. The summed E-state index contributed by atoms with van der Waals surface area (Å²) >= 11 is 0. The van der Waals surface area contributed by atoms with Crippen molar-refractivity contribution < 1.29 is 28.6 Å². The second kappa shape index (κ2) is 54.7. The molecular formula is C61H100O6. The molecule has 0 amide bonds. The lowest BCUT2D eigenvalue weighted by Crippen LogP contribution is -2.30. The minimum Gasteiger partial charge on any atom is -0.462 e. The van der Waals surface area contributed by atoms with Gasteiger partial charge in [0, 0.05) is 19.3 Å². The van der Waals surface area contributed by atoms with Crippen molar-refractivity contribution >= 4 is 17.9 Å². The normalized spacial score (nSPS) is 12.9. The van der Waals surface area contributed by atoms with E-state index in [1.54, 1.807) is 0 Å². The van der Waals surface area contributed by atoms with Crippen LogP contribution < -0.4 is 0 Å². The molecule has 0 radical (unpaired) electrons. The third-order valence-corrected chi connectivity index (χ3v) is 11.3. The molecule has 0 aromatic rings. The Labute approximate surface area is 412 Å². The number of hydrogen-bond donors (Lipinski definition) is 0. The Bertz CT molecular complexity index is 1390. The molecule has 6 nitrogen and oxygen atoms in total. The highest BCUT2D eigenvalue weighted by Gasteiger charge is 2.19. The molecule has 0 rings (SSSR count). The standard InChI is InChI=1S/C61H100O6/c1-4-7-10-13-16-19-22-25-27-29-30-32-33-36-39-42-45-48-51-54-60(63)66-57-58(56-65-59(62)53-50-47-44-41-38-35-24-21-18-15-12-9-6-3)67-61(64)55-52-49-46-43-40-37-34-31-28-26-23-20-17-14-11-8-5-2/h7,10,16,19,25-28,30,32,34,36-37,39,43,45-46,48,58H,4-6,8-9,11-15,17-18,20-24,29,31,33,35,38,40-42,44,47,49-57H2,1-3H3/b10-7-,19-16-,27-25-,28-26-,32-30-,37-34-,39-36-,46-43-,48-45-. The predicted octanol–water partition coefficient (Wildman–Crippen LogP) is 18.3. The summed E-state index contributed by atoms with van der Waals surface area (Å²) in [5.41, 5.74) is 0. The maximum Gasteiger partial charge on any atom is 0.306 e. The number of hydrogen-bond acceptors (Lipinski definition) is 6. The first-order valence-electron chi connectivity index (χ1n) is 27.4. The minimum atomic E-state index is -0.835. The van der Waals surface area contributed by atoms with Crippen molar-refractivity contribution in [3.63, 3.8) is 0 Å². The first kappa shape index (κ1) is 63.1. The number of unbranched alkanes of at least 4 members (excludes halogenated alkanes) is 19. The number of allylic oxidation sites excluding steroid dienone is 18. The zero-order valence-electron chi connectivity index (χ0n) is 43.4. The van der Waals surface area contributed by atoms with Crippen LogP contribution in [0.1, 0.15) is 239 Å². The lowest BCUT2D eigenvalue weighted by atomic mass is 10.0. The van der Waals surface area contributed by atoms with Crippen LogP contribution in [0.3, 0.4) is 0 Å². The van der Waals surface area contributed by atoms with Gasteiger partial charge in [0.2, 0.25) is 0 Å². The van der Waals surface area contributed by atoms with Gasteiger partial charge < -0.3 is 14.2 Å². The highest BCUT2D eigenvalue weighted by atomic mass is 16.6. The van der Waals surface area contributed by atoms with E-state index >= 15 is 0 Å². The molecule has 0 aliphatic rings. The second-order valence-corrected chi connectivity index (χ2v) is 17.8. The SMILES string of the molecule is CC/C=C\C/C=C\C/C=C\C/C=C\C/C=C\C/C=C\CCC(=O)OCC(COC(=O)CCCCCCCCCCCCCCC)OC(=O)CCC/C=C\C/C=C\C/C=C\CCCCCCCC. The van der Waals surface area contributed by atoms with E-state index < -0.39 is 6.10 Å². The van der Waals surface area contributed by atoms with Gasteiger partial charge in [-0.25, -0.2) is 0 Å². The van der Waals surface area contributed by atoms with Crippen LogP contribution in [-0.2, 0) is 28.6 Å². The van der Waals surface area contributed by atoms with Gasteiger partial charge in [-0.3, -0.25) is 14.4 Å². The first-order valence-corrected chi connectivity index (χ1v) is 27.4. The second-order valence-electron chi connectivity index (χ2n) is 17.8. The maximum absolute atomic E-state index is 12.8. The number of carbonyl (C=O) groups is 3. The van der Waals surface area contributed by atoms with E-state index in [0.717, 1.165) is 77.0 Å². The van der Waals surface area contributed by atoms with Gasteiger partial charge in [0.25, 0.3) is 0 Å². The van der Waals surface area contributed by atoms with Gasteiger partial charge in [0.1, 0.15) is 13.2 Å². The summed E-state index contributed by atoms with van der Waals surface area (Å²) < 4.78 is 16.7. The molecule has 0 heterocycles. The Kier molecular flexibility index (Phi) is 51.5. The molecule has 6 heteroatoms. The lowest BCUT2D eigenvalue weighted by Gasteiger charge is -2.18. The highest BCUT2D eigenvalue weighted by molar-refractivity contribution is 5.71. The van der Waals surface area contributed by atoms with Gasteiger partial charge in [-0.05, 0) is 89.9 Å². The maximum atomic E-state index is 12.8. The van der Waals surface area contributed by atoms with E-state index in [0.29, 0.717) is 19.3 Å². The molecule has 0 aromatic heterocycles. The predicted molar refractivity (Wildman–Crippen MR) is 288 cm³/mol. The molecular weight excluding hydrogens is 829 g/mol. The summed E-state index contributed by atoms with van der Waals surface area (Å²) in [5, 5.41) is 0. The first-order chi connectivity index (χ1) is 33.0. The van der Waals surface area contributed by atoms with Gasteiger partial charge >= 0.3 is 17.9 Å². The van der Waals surface area contributed by atoms with E-state index in [2.05, 4.69) is 118 Å². The zero-order valence-corrected chi connectivity index (χ0v) is 43.4. The van der Waals surface area contributed by atoms with Crippen LogP contribution in [0.5, 0.6) is 0 Å². The van der Waals surface area contributed by atoms with Crippen LogP contribution >= 0.6 is 0 Å². The van der Waals surface area contributed by atoms with Crippen LogP contribution in [0.4, 0.5) is 0 Å². The number of ether oxygens (including phenoxy) is 3. The van der Waals surface area contributed by atoms with Crippen molar-refractivity contribution in [2.24, 2.45) is 0 Å². The van der Waals surface area contributed by atoms with Crippen molar-refractivity contribution in [3.8, 4) is 0 Å². The summed E-state index contributed by atoms with van der Waals surface area (Å²) in [4.78, 5) is 38.0. The van der Waals surface area contributed by atoms with Gasteiger partial charge in [0.15, 0.2) is 6.10 Å². The van der Waals surface area contributed by atoms with Crippen LogP contribution in [0.25, 0.3) is 0 Å². The molecule has 67 heavy (non-hydrogen) atoms. The fourth-order valence-electron chi connectivity index (χ4n) is 7.19. The lowest BCUT2D eigenvalue weighted by molar-refractivity contribution is -0.166.